The summed E-state index contributed by atoms with van der Waals surface area (Å²) in [5.74, 6) is 0.375. The van der Waals surface area contributed by atoms with Crippen molar-refractivity contribution in [3.8, 4) is 5.75 Å². The van der Waals surface area contributed by atoms with E-state index in [2.05, 4.69) is 5.32 Å². The summed E-state index contributed by atoms with van der Waals surface area (Å²) in [5.41, 5.74) is 6.80. The molecule has 0 radical (unpaired) electrons. The van der Waals surface area contributed by atoms with E-state index >= 15 is 0 Å². The number of nitrogens with one attached hydrogen (secondary N) is 1. The van der Waals surface area contributed by atoms with Crippen LogP contribution < -0.4 is 15.8 Å². The minimum absolute atomic E-state index is 0.222. The lowest BCUT2D eigenvalue weighted by atomic mass is 10.0. The Kier molecular flexibility index (Phi) is 4.73. The highest BCUT2D eigenvalue weighted by Crippen LogP contribution is 2.20. The second kappa shape index (κ2) is 5.87. The van der Waals surface area contributed by atoms with Crippen molar-refractivity contribution in [2.75, 3.05) is 13.2 Å². The van der Waals surface area contributed by atoms with Crippen LogP contribution in [-0.4, -0.2) is 24.6 Å². The van der Waals surface area contributed by atoms with Crippen LogP contribution in [0.4, 0.5) is 0 Å². The number of likely N-dealkylation sites (N-methyl/N-ethyl adjacent to an activating group) is 1. The SMILES string of the molecule is CCNC(C)(COc1ccc(C)cc1C)C(N)=O. The number of carbonyl (C=O) groups is 1. The van der Waals surface area contributed by atoms with E-state index < -0.39 is 11.4 Å². The molecule has 1 amide bonds. The van der Waals surface area contributed by atoms with E-state index in [0.29, 0.717) is 6.54 Å². The van der Waals surface area contributed by atoms with Gasteiger partial charge in [0.1, 0.15) is 17.9 Å². The normalized spacial score (nSPS) is 14.0. The molecule has 1 atom stereocenters. The number of benzene rings is 1. The highest BCUT2D eigenvalue weighted by molar-refractivity contribution is 5.84. The van der Waals surface area contributed by atoms with Crippen molar-refractivity contribution in [1.29, 1.82) is 0 Å². The summed E-state index contributed by atoms with van der Waals surface area (Å²) >= 11 is 0. The standard InChI is InChI=1S/C14H22N2O2/c1-5-16-14(4,13(15)17)9-18-12-7-6-10(2)8-11(12)3/h6-8,16H,5,9H2,1-4H3,(H2,15,17). The minimum atomic E-state index is -0.841. The van der Waals surface area contributed by atoms with Gasteiger partial charge in [-0.2, -0.15) is 0 Å². The topological polar surface area (TPSA) is 64.3 Å². The van der Waals surface area contributed by atoms with E-state index in [0.717, 1.165) is 11.3 Å². The summed E-state index contributed by atoms with van der Waals surface area (Å²) < 4.78 is 5.71. The first kappa shape index (κ1) is 14.5. The van der Waals surface area contributed by atoms with E-state index in [1.54, 1.807) is 6.92 Å². The number of rotatable bonds is 6. The van der Waals surface area contributed by atoms with Gasteiger partial charge in [0.25, 0.3) is 0 Å². The van der Waals surface area contributed by atoms with E-state index in [4.69, 9.17) is 10.5 Å². The monoisotopic (exact) mass is 250 g/mol. The van der Waals surface area contributed by atoms with Crippen molar-refractivity contribution in [2.24, 2.45) is 5.73 Å². The molecule has 0 spiro atoms. The number of carbonyl (C=O) groups excluding carboxylic acids is 1. The van der Waals surface area contributed by atoms with E-state index in [1.165, 1.54) is 5.56 Å². The smallest absolute Gasteiger partial charge is 0.240 e. The van der Waals surface area contributed by atoms with Crippen molar-refractivity contribution in [3.63, 3.8) is 0 Å². The molecule has 1 rings (SSSR count). The predicted octanol–water partition coefficient (Wildman–Crippen LogP) is 1.54. The lowest BCUT2D eigenvalue weighted by Crippen LogP contribution is -2.57. The molecule has 0 aromatic heterocycles. The number of nitrogens with two attached hydrogens (primary N) is 1. The van der Waals surface area contributed by atoms with E-state index in [-0.39, 0.29) is 6.61 Å². The average Bonchev–Trinajstić information content (AvgIpc) is 2.28. The molecule has 0 fully saturated rings. The first-order valence-corrected chi connectivity index (χ1v) is 6.14. The van der Waals surface area contributed by atoms with Crippen LogP contribution in [-0.2, 0) is 4.79 Å². The Balaban J connectivity index is 2.76. The summed E-state index contributed by atoms with van der Waals surface area (Å²) in [4.78, 5) is 11.5. The molecular weight excluding hydrogens is 228 g/mol. The van der Waals surface area contributed by atoms with Crippen LogP contribution in [0.1, 0.15) is 25.0 Å². The number of primary amides is 1. The van der Waals surface area contributed by atoms with Crippen LogP contribution in [0, 0.1) is 13.8 Å². The molecule has 4 nitrogen and oxygen atoms in total. The fourth-order valence-corrected chi connectivity index (χ4v) is 1.78. The summed E-state index contributed by atoms with van der Waals surface area (Å²) in [6, 6.07) is 5.94. The van der Waals surface area contributed by atoms with Gasteiger partial charge in [0, 0.05) is 0 Å². The first-order chi connectivity index (χ1) is 8.39. The highest BCUT2D eigenvalue weighted by Gasteiger charge is 2.31. The number of hydrogen-bond donors (Lipinski definition) is 2. The number of hydrogen-bond acceptors (Lipinski definition) is 3. The molecule has 0 aliphatic carbocycles. The molecule has 4 heteroatoms. The number of amides is 1. The molecule has 18 heavy (non-hydrogen) atoms. The molecule has 1 aromatic rings. The maximum Gasteiger partial charge on any atom is 0.240 e. The van der Waals surface area contributed by atoms with Crippen molar-refractivity contribution in [3.05, 3.63) is 29.3 Å². The zero-order chi connectivity index (χ0) is 13.8. The Morgan fingerprint density at radius 2 is 2.11 bits per heavy atom. The van der Waals surface area contributed by atoms with Gasteiger partial charge in [-0.15, -0.1) is 0 Å². The molecule has 1 aromatic carbocycles. The van der Waals surface area contributed by atoms with Crippen LogP contribution >= 0.6 is 0 Å². The average molecular weight is 250 g/mol. The van der Waals surface area contributed by atoms with Gasteiger partial charge in [0.15, 0.2) is 0 Å². The third kappa shape index (κ3) is 3.47. The molecule has 100 valence electrons. The van der Waals surface area contributed by atoms with Gasteiger partial charge in [-0.3, -0.25) is 4.79 Å². The Labute approximate surface area is 109 Å². The Hall–Kier alpha value is -1.55. The largest absolute Gasteiger partial charge is 0.491 e. The molecule has 0 bridgehead atoms. The number of ether oxygens (including phenoxy) is 1. The Morgan fingerprint density at radius 3 is 2.61 bits per heavy atom. The van der Waals surface area contributed by atoms with E-state index in [1.807, 2.05) is 39.0 Å². The lowest BCUT2D eigenvalue weighted by molar-refractivity contribution is -0.124. The highest BCUT2D eigenvalue weighted by atomic mass is 16.5. The molecule has 3 N–H and O–H groups in total. The molecule has 0 saturated carbocycles. The second-order valence-electron chi connectivity index (χ2n) is 4.78. The fraction of sp³-hybridized carbons (Fsp3) is 0.500. The van der Waals surface area contributed by atoms with Gasteiger partial charge >= 0.3 is 0 Å². The van der Waals surface area contributed by atoms with Crippen molar-refractivity contribution < 1.29 is 9.53 Å². The van der Waals surface area contributed by atoms with Gasteiger partial charge in [0.2, 0.25) is 5.91 Å². The van der Waals surface area contributed by atoms with Crippen molar-refractivity contribution >= 4 is 5.91 Å². The van der Waals surface area contributed by atoms with Crippen LogP contribution in [0.3, 0.4) is 0 Å². The third-order valence-corrected chi connectivity index (χ3v) is 2.96. The van der Waals surface area contributed by atoms with E-state index in [9.17, 15) is 4.79 Å². The Morgan fingerprint density at radius 1 is 1.44 bits per heavy atom. The summed E-state index contributed by atoms with van der Waals surface area (Å²) in [6.07, 6.45) is 0. The van der Waals surface area contributed by atoms with Gasteiger partial charge in [-0.05, 0) is 38.9 Å². The lowest BCUT2D eigenvalue weighted by Gasteiger charge is -2.27. The van der Waals surface area contributed by atoms with Crippen LogP contribution in [0.25, 0.3) is 0 Å². The molecule has 0 saturated heterocycles. The van der Waals surface area contributed by atoms with Gasteiger partial charge in [-0.1, -0.05) is 24.6 Å². The van der Waals surface area contributed by atoms with Gasteiger partial charge in [0.05, 0.1) is 0 Å². The fourth-order valence-electron chi connectivity index (χ4n) is 1.78. The van der Waals surface area contributed by atoms with Crippen LogP contribution in [0.5, 0.6) is 5.75 Å². The van der Waals surface area contributed by atoms with Gasteiger partial charge < -0.3 is 15.8 Å². The maximum absolute atomic E-state index is 11.5. The quantitative estimate of drug-likeness (QED) is 0.805. The molecule has 0 heterocycles. The van der Waals surface area contributed by atoms with Gasteiger partial charge in [-0.25, -0.2) is 0 Å². The third-order valence-electron chi connectivity index (χ3n) is 2.96. The minimum Gasteiger partial charge on any atom is -0.491 e. The zero-order valence-electron chi connectivity index (χ0n) is 11.5. The summed E-state index contributed by atoms with van der Waals surface area (Å²) in [7, 11) is 0. The number of aryl methyl sites for hydroxylation is 2. The zero-order valence-corrected chi connectivity index (χ0v) is 11.5. The van der Waals surface area contributed by atoms with Crippen LogP contribution in [0.2, 0.25) is 0 Å². The first-order valence-electron chi connectivity index (χ1n) is 6.14. The second-order valence-corrected chi connectivity index (χ2v) is 4.78. The van der Waals surface area contributed by atoms with Crippen molar-refractivity contribution in [2.45, 2.75) is 33.2 Å². The molecule has 0 aliphatic rings. The molecule has 0 aliphatic heterocycles. The molecule has 1 unspecified atom stereocenters. The maximum atomic E-state index is 11.5. The van der Waals surface area contributed by atoms with Crippen molar-refractivity contribution in [1.82, 2.24) is 5.32 Å². The Bertz CT molecular complexity index is 432. The summed E-state index contributed by atoms with van der Waals surface area (Å²) in [6.45, 7) is 8.58. The molecular formula is C14H22N2O2. The predicted molar refractivity (Wildman–Crippen MR) is 72.7 cm³/mol. The summed E-state index contributed by atoms with van der Waals surface area (Å²) in [5, 5.41) is 3.06. The van der Waals surface area contributed by atoms with Crippen LogP contribution in [0.15, 0.2) is 18.2 Å².